The van der Waals surface area contributed by atoms with Crippen LogP contribution in [0, 0.1) is 0 Å². The molecule has 0 fully saturated rings. The maximum absolute atomic E-state index is 11.7. The van der Waals surface area contributed by atoms with Gasteiger partial charge in [-0.3, -0.25) is 4.79 Å². The minimum absolute atomic E-state index is 0. The van der Waals surface area contributed by atoms with Gasteiger partial charge in [0, 0.05) is 27.7 Å². The summed E-state index contributed by atoms with van der Waals surface area (Å²) in [4.78, 5) is 11.7. The van der Waals surface area contributed by atoms with Gasteiger partial charge in [-0.2, -0.15) is 0 Å². The van der Waals surface area contributed by atoms with Crippen LogP contribution in [0.5, 0.6) is 0 Å². The molecule has 0 aliphatic heterocycles. The first-order valence-electron chi connectivity index (χ1n) is 4.81. The Hall–Kier alpha value is -0.480. The summed E-state index contributed by atoms with van der Waals surface area (Å²) in [5.74, 6) is -0.233. The number of halogens is 3. The molecule has 17 heavy (non-hydrogen) atoms. The molecule has 0 bridgehead atoms. The van der Waals surface area contributed by atoms with Gasteiger partial charge in [0.15, 0.2) is 0 Å². The summed E-state index contributed by atoms with van der Waals surface area (Å²) < 4.78 is 0. The second-order valence-electron chi connectivity index (χ2n) is 4.33. The molecule has 1 amide bonds. The SMILES string of the molecule is CC(C)(N)CNC(=O)c1cc(Cl)cc(Cl)c1.Cl. The molecule has 3 nitrogen and oxygen atoms in total. The van der Waals surface area contributed by atoms with Crippen molar-refractivity contribution in [3.8, 4) is 0 Å². The average molecular weight is 298 g/mol. The molecular weight excluding hydrogens is 282 g/mol. The quantitative estimate of drug-likeness (QED) is 0.901. The maximum Gasteiger partial charge on any atom is 0.251 e. The van der Waals surface area contributed by atoms with E-state index in [1.165, 1.54) is 0 Å². The molecule has 0 saturated heterocycles. The highest BCUT2D eigenvalue weighted by atomic mass is 35.5. The van der Waals surface area contributed by atoms with Crippen molar-refractivity contribution < 1.29 is 4.79 Å². The third-order valence-corrected chi connectivity index (χ3v) is 2.27. The van der Waals surface area contributed by atoms with Crippen LogP contribution in [0.1, 0.15) is 24.2 Å². The van der Waals surface area contributed by atoms with Crippen LogP contribution in [0.4, 0.5) is 0 Å². The smallest absolute Gasteiger partial charge is 0.251 e. The lowest BCUT2D eigenvalue weighted by Crippen LogP contribution is -2.45. The number of hydrogen-bond donors (Lipinski definition) is 2. The fourth-order valence-corrected chi connectivity index (χ4v) is 1.62. The van der Waals surface area contributed by atoms with Crippen LogP contribution in [0.25, 0.3) is 0 Å². The molecule has 0 unspecified atom stereocenters. The minimum Gasteiger partial charge on any atom is -0.350 e. The molecule has 1 aromatic carbocycles. The monoisotopic (exact) mass is 296 g/mol. The highest BCUT2D eigenvalue weighted by molar-refractivity contribution is 6.35. The predicted molar refractivity (Wildman–Crippen MR) is 74.3 cm³/mol. The number of amides is 1. The van der Waals surface area contributed by atoms with Crippen molar-refractivity contribution in [2.24, 2.45) is 5.73 Å². The molecule has 1 aromatic rings. The van der Waals surface area contributed by atoms with E-state index in [4.69, 9.17) is 28.9 Å². The van der Waals surface area contributed by atoms with Gasteiger partial charge in [0.25, 0.3) is 5.91 Å². The Morgan fingerprint density at radius 1 is 1.29 bits per heavy atom. The second kappa shape index (κ2) is 6.45. The van der Waals surface area contributed by atoms with Crippen molar-refractivity contribution in [1.29, 1.82) is 0 Å². The molecule has 0 aromatic heterocycles. The highest BCUT2D eigenvalue weighted by Gasteiger charge is 2.13. The van der Waals surface area contributed by atoms with Gasteiger partial charge in [-0.05, 0) is 32.0 Å². The molecular formula is C11H15Cl3N2O. The Morgan fingerprint density at radius 2 is 1.76 bits per heavy atom. The largest absolute Gasteiger partial charge is 0.350 e. The Labute approximate surface area is 117 Å². The summed E-state index contributed by atoms with van der Waals surface area (Å²) in [7, 11) is 0. The van der Waals surface area contributed by atoms with Crippen molar-refractivity contribution in [2.75, 3.05) is 6.54 Å². The lowest BCUT2D eigenvalue weighted by Gasteiger charge is -2.18. The molecule has 1 rings (SSSR count). The van der Waals surface area contributed by atoms with Gasteiger partial charge in [-0.15, -0.1) is 12.4 Å². The number of nitrogens with two attached hydrogens (primary N) is 1. The van der Waals surface area contributed by atoms with Crippen LogP contribution in [0.3, 0.4) is 0 Å². The fraction of sp³-hybridized carbons (Fsp3) is 0.364. The zero-order valence-corrected chi connectivity index (χ0v) is 11.9. The van der Waals surface area contributed by atoms with Gasteiger partial charge in [-0.25, -0.2) is 0 Å². The van der Waals surface area contributed by atoms with Crippen LogP contribution < -0.4 is 11.1 Å². The molecule has 6 heteroatoms. The van der Waals surface area contributed by atoms with Crippen LogP contribution >= 0.6 is 35.6 Å². The Morgan fingerprint density at radius 3 is 2.18 bits per heavy atom. The standard InChI is InChI=1S/C11H14Cl2N2O.ClH/c1-11(2,14)6-15-10(16)7-3-8(12)5-9(13)4-7;/h3-5H,6,14H2,1-2H3,(H,15,16);1H. The molecule has 0 spiro atoms. The summed E-state index contributed by atoms with van der Waals surface area (Å²) in [6, 6.07) is 4.70. The lowest BCUT2D eigenvalue weighted by molar-refractivity contribution is 0.0946. The zero-order chi connectivity index (χ0) is 12.3. The van der Waals surface area contributed by atoms with E-state index in [0.29, 0.717) is 22.2 Å². The first-order valence-corrected chi connectivity index (χ1v) is 5.57. The van der Waals surface area contributed by atoms with Crippen molar-refractivity contribution >= 4 is 41.5 Å². The average Bonchev–Trinajstić information content (AvgIpc) is 2.11. The summed E-state index contributed by atoms with van der Waals surface area (Å²) in [5, 5.41) is 3.58. The van der Waals surface area contributed by atoms with E-state index in [-0.39, 0.29) is 18.3 Å². The molecule has 0 radical (unpaired) electrons. The fourth-order valence-electron chi connectivity index (χ4n) is 1.10. The lowest BCUT2D eigenvalue weighted by atomic mass is 10.1. The van der Waals surface area contributed by atoms with E-state index in [9.17, 15) is 4.79 Å². The molecule has 0 saturated carbocycles. The molecule has 0 heterocycles. The molecule has 0 aliphatic carbocycles. The number of benzene rings is 1. The highest BCUT2D eigenvalue weighted by Crippen LogP contribution is 2.18. The number of rotatable bonds is 3. The number of carbonyl (C=O) groups is 1. The van der Waals surface area contributed by atoms with E-state index < -0.39 is 5.54 Å². The summed E-state index contributed by atoms with van der Waals surface area (Å²) >= 11 is 11.6. The van der Waals surface area contributed by atoms with Crippen LogP contribution in [-0.2, 0) is 0 Å². The Balaban J connectivity index is 0.00000256. The Kier molecular flexibility index (Phi) is 6.27. The van der Waals surface area contributed by atoms with E-state index >= 15 is 0 Å². The molecule has 0 atom stereocenters. The van der Waals surface area contributed by atoms with E-state index in [2.05, 4.69) is 5.32 Å². The first kappa shape index (κ1) is 16.5. The van der Waals surface area contributed by atoms with Gasteiger partial charge in [-0.1, -0.05) is 23.2 Å². The van der Waals surface area contributed by atoms with Gasteiger partial charge in [0.2, 0.25) is 0 Å². The van der Waals surface area contributed by atoms with Crippen molar-refractivity contribution in [2.45, 2.75) is 19.4 Å². The summed E-state index contributed by atoms with van der Waals surface area (Å²) in [6.07, 6.45) is 0. The second-order valence-corrected chi connectivity index (χ2v) is 5.20. The van der Waals surface area contributed by atoms with E-state index in [1.807, 2.05) is 13.8 Å². The Bertz CT molecular complexity index is 382. The van der Waals surface area contributed by atoms with Gasteiger partial charge in [0.05, 0.1) is 0 Å². The van der Waals surface area contributed by atoms with Crippen LogP contribution in [0.2, 0.25) is 10.0 Å². The number of nitrogens with one attached hydrogen (secondary N) is 1. The van der Waals surface area contributed by atoms with Gasteiger partial charge >= 0.3 is 0 Å². The third kappa shape index (κ3) is 6.13. The number of hydrogen-bond acceptors (Lipinski definition) is 2. The van der Waals surface area contributed by atoms with Crippen LogP contribution in [0.15, 0.2) is 18.2 Å². The van der Waals surface area contributed by atoms with Gasteiger partial charge < -0.3 is 11.1 Å². The predicted octanol–water partition coefficient (Wildman–Crippen LogP) is 2.88. The summed E-state index contributed by atoms with van der Waals surface area (Å²) in [5.41, 5.74) is 5.74. The topological polar surface area (TPSA) is 55.1 Å². The normalized spacial score (nSPS) is 10.6. The zero-order valence-electron chi connectivity index (χ0n) is 9.59. The van der Waals surface area contributed by atoms with Crippen molar-refractivity contribution in [3.63, 3.8) is 0 Å². The number of carbonyl (C=O) groups excluding carboxylic acids is 1. The summed E-state index contributed by atoms with van der Waals surface area (Å²) in [6.45, 7) is 4.05. The van der Waals surface area contributed by atoms with Crippen molar-refractivity contribution in [1.82, 2.24) is 5.32 Å². The first-order chi connectivity index (χ1) is 7.28. The van der Waals surface area contributed by atoms with Crippen molar-refractivity contribution in [3.05, 3.63) is 33.8 Å². The van der Waals surface area contributed by atoms with E-state index in [0.717, 1.165) is 0 Å². The van der Waals surface area contributed by atoms with Crippen LogP contribution in [-0.4, -0.2) is 18.0 Å². The maximum atomic E-state index is 11.7. The van der Waals surface area contributed by atoms with Gasteiger partial charge in [0.1, 0.15) is 0 Å². The van der Waals surface area contributed by atoms with E-state index in [1.54, 1.807) is 18.2 Å². The molecule has 96 valence electrons. The molecule has 3 N–H and O–H groups in total. The third-order valence-electron chi connectivity index (χ3n) is 1.83. The minimum atomic E-state index is -0.446. The molecule has 0 aliphatic rings.